The molecule has 1 N–H and O–H groups in total. The predicted octanol–water partition coefficient (Wildman–Crippen LogP) is 4.53. The van der Waals surface area contributed by atoms with Gasteiger partial charge in [-0.1, -0.05) is 25.7 Å². The molecule has 0 atom stereocenters. The van der Waals surface area contributed by atoms with Crippen LogP contribution < -0.4 is 10.2 Å². The van der Waals surface area contributed by atoms with E-state index in [1.165, 1.54) is 0 Å². The van der Waals surface area contributed by atoms with Gasteiger partial charge in [0, 0.05) is 62.5 Å². The summed E-state index contributed by atoms with van der Waals surface area (Å²) in [5.41, 5.74) is 2.22. The Kier molecular flexibility index (Phi) is 8.69. The molecule has 0 radical (unpaired) electrons. The number of hydrogen-bond acceptors (Lipinski definition) is 4. The van der Waals surface area contributed by atoms with Gasteiger partial charge in [-0.25, -0.2) is 0 Å². The average molecular weight is 483 g/mol. The minimum atomic E-state index is -0.00917. The van der Waals surface area contributed by atoms with E-state index >= 15 is 0 Å². The van der Waals surface area contributed by atoms with Crippen molar-refractivity contribution in [3.05, 3.63) is 23.8 Å². The largest absolute Gasteiger partial charge is 0.369 e. The zero-order chi connectivity index (χ0) is 24.8. The lowest BCUT2D eigenvalue weighted by Gasteiger charge is -2.28. The summed E-state index contributed by atoms with van der Waals surface area (Å²) in [5.74, 6) is 0.640. The molecule has 0 aromatic heterocycles. The van der Waals surface area contributed by atoms with Gasteiger partial charge < -0.3 is 20.0 Å². The molecule has 1 aromatic rings. The Morgan fingerprint density at radius 3 is 2.17 bits per heavy atom. The van der Waals surface area contributed by atoms with Crippen molar-refractivity contribution in [1.29, 1.82) is 0 Å². The van der Waals surface area contributed by atoms with E-state index in [2.05, 4.69) is 10.2 Å². The third-order valence-corrected chi connectivity index (χ3v) is 8.12. The number of rotatable bonds is 7. The second kappa shape index (κ2) is 11.9. The van der Waals surface area contributed by atoms with E-state index in [0.29, 0.717) is 43.3 Å². The second-order valence-corrected chi connectivity index (χ2v) is 10.3. The van der Waals surface area contributed by atoms with Gasteiger partial charge in [0.05, 0.1) is 5.56 Å². The highest BCUT2D eigenvalue weighted by Gasteiger charge is 2.30. The molecule has 1 aliphatic heterocycles. The maximum Gasteiger partial charge on any atom is 0.256 e. The number of nitrogens with zero attached hydrogens (tertiary/aromatic N) is 3. The smallest absolute Gasteiger partial charge is 0.256 e. The summed E-state index contributed by atoms with van der Waals surface area (Å²) in [7, 11) is 0. The number of carbonyl (C=O) groups excluding carboxylic acids is 3. The normalized spacial score (nSPS) is 19.6. The van der Waals surface area contributed by atoms with Crippen molar-refractivity contribution in [3.63, 3.8) is 0 Å². The van der Waals surface area contributed by atoms with Gasteiger partial charge in [0.15, 0.2) is 0 Å². The highest BCUT2D eigenvalue weighted by molar-refractivity contribution is 6.02. The van der Waals surface area contributed by atoms with Gasteiger partial charge in [0.25, 0.3) is 5.91 Å². The van der Waals surface area contributed by atoms with Gasteiger partial charge in [0.2, 0.25) is 11.8 Å². The Hall–Kier alpha value is -2.57. The van der Waals surface area contributed by atoms with Crippen molar-refractivity contribution < 1.29 is 14.4 Å². The number of benzene rings is 1. The molecule has 35 heavy (non-hydrogen) atoms. The predicted molar refractivity (Wildman–Crippen MR) is 140 cm³/mol. The number of amides is 3. The molecule has 4 rings (SSSR count). The number of hydrogen-bond donors (Lipinski definition) is 1. The first-order chi connectivity index (χ1) is 17.0. The van der Waals surface area contributed by atoms with E-state index in [9.17, 15) is 14.4 Å². The third-order valence-electron chi connectivity index (χ3n) is 8.12. The maximum atomic E-state index is 13.5. The van der Waals surface area contributed by atoms with Crippen LogP contribution >= 0.6 is 0 Å². The minimum Gasteiger partial charge on any atom is -0.369 e. The Bertz CT molecular complexity index is 901. The van der Waals surface area contributed by atoms with E-state index in [1.807, 2.05) is 41.8 Å². The van der Waals surface area contributed by atoms with Crippen LogP contribution in [0.5, 0.6) is 0 Å². The van der Waals surface area contributed by atoms with Crippen LogP contribution in [0.4, 0.5) is 11.4 Å². The third kappa shape index (κ3) is 5.99. The first kappa shape index (κ1) is 25.5. The van der Waals surface area contributed by atoms with Gasteiger partial charge in [-0.3, -0.25) is 14.4 Å². The molecular weight excluding hydrogens is 440 g/mol. The fourth-order valence-corrected chi connectivity index (χ4v) is 5.98. The summed E-state index contributed by atoms with van der Waals surface area (Å²) in [6.45, 7) is 8.24. The van der Waals surface area contributed by atoms with Gasteiger partial charge >= 0.3 is 0 Å². The van der Waals surface area contributed by atoms with Gasteiger partial charge in [-0.05, 0) is 64.2 Å². The Morgan fingerprint density at radius 2 is 1.51 bits per heavy atom. The molecule has 0 unspecified atom stereocenters. The Morgan fingerprint density at radius 1 is 0.857 bits per heavy atom. The highest BCUT2D eigenvalue weighted by Crippen LogP contribution is 2.31. The van der Waals surface area contributed by atoms with Gasteiger partial charge in [-0.15, -0.1) is 0 Å². The molecule has 7 nitrogen and oxygen atoms in total. The molecule has 3 aliphatic rings. The van der Waals surface area contributed by atoms with E-state index in [1.54, 1.807) is 0 Å². The van der Waals surface area contributed by atoms with E-state index in [0.717, 1.165) is 76.6 Å². The van der Waals surface area contributed by atoms with Crippen LogP contribution in [-0.4, -0.2) is 66.8 Å². The number of carbonyl (C=O) groups is 3. The fourth-order valence-electron chi connectivity index (χ4n) is 5.98. The summed E-state index contributed by atoms with van der Waals surface area (Å²) in [5, 5.41) is 3.07. The maximum absolute atomic E-state index is 13.5. The average Bonchev–Trinajstić information content (AvgIpc) is 3.56. The zero-order valence-electron chi connectivity index (χ0n) is 21.6. The van der Waals surface area contributed by atoms with Gasteiger partial charge in [0.1, 0.15) is 0 Å². The Balaban J connectivity index is 1.53. The molecule has 3 fully saturated rings. The van der Waals surface area contributed by atoms with E-state index in [-0.39, 0.29) is 23.7 Å². The molecular formula is C28H42N4O3. The summed E-state index contributed by atoms with van der Waals surface area (Å²) < 4.78 is 0. The van der Waals surface area contributed by atoms with Crippen LogP contribution in [0.2, 0.25) is 0 Å². The highest BCUT2D eigenvalue weighted by atomic mass is 16.2. The summed E-state index contributed by atoms with van der Waals surface area (Å²) >= 11 is 0. The van der Waals surface area contributed by atoms with Crippen molar-refractivity contribution in [3.8, 4) is 0 Å². The van der Waals surface area contributed by atoms with E-state index < -0.39 is 0 Å². The van der Waals surface area contributed by atoms with Crippen LogP contribution in [0.3, 0.4) is 0 Å². The number of nitrogens with one attached hydrogen (secondary N) is 1. The van der Waals surface area contributed by atoms with Crippen molar-refractivity contribution in [2.75, 3.05) is 49.5 Å². The number of anilines is 2. The standard InChI is InChI=1S/C28H42N4O3/c1-3-30(4-2)28(35)24-20-23(29-26(33)21-10-5-6-11-21)14-15-25(24)31-16-9-17-32(19-18-31)27(34)22-12-7-8-13-22/h14-15,20-22H,3-13,16-19H2,1-2H3,(H,29,33). The van der Waals surface area contributed by atoms with Gasteiger partial charge in [-0.2, -0.15) is 0 Å². The zero-order valence-corrected chi connectivity index (χ0v) is 21.6. The lowest BCUT2D eigenvalue weighted by atomic mass is 10.1. The minimum absolute atomic E-state index is 0.00917. The SMILES string of the molecule is CCN(CC)C(=O)c1cc(NC(=O)C2CCCC2)ccc1N1CCCN(C(=O)C2CCCC2)CC1. The first-order valence-electron chi connectivity index (χ1n) is 13.8. The van der Waals surface area contributed by atoms with Crippen molar-refractivity contribution >= 4 is 29.1 Å². The molecule has 7 heteroatoms. The van der Waals surface area contributed by atoms with Crippen LogP contribution in [0.25, 0.3) is 0 Å². The molecule has 0 bridgehead atoms. The second-order valence-electron chi connectivity index (χ2n) is 10.3. The van der Waals surface area contributed by atoms with Crippen LogP contribution in [-0.2, 0) is 9.59 Å². The molecule has 192 valence electrons. The summed E-state index contributed by atoms with van der Waals surface area (Å²) in [4.78, 5) is 45.4. The van der Waals surface area contributed by atoms with Crippen LogP contribution in [0.15, 0.2) is 18.2 Å². The molecule has 1 aromatic carbocycles. The lowest BCUT2D eigenvalue weighted by Crippen LogP contribution is -2.38. The van der Waals surface area contributed by atoms with Crippen molar-refractivity contribution in [1.82, 2.24) is 9.80 Å². The molecule has 1 heterocycles. The monoisotopic (exact) mass is 482 g/mol. The molecule has 2 aliphatic carbocycles. The summed E-state index contributed by atoms with van der Waals surface area (Å²) in [6, 6.07) is 5.76. The molecule has 2 saturated carbocycles. The van der Waals surface area contributed by atoms with Crippen LogP contribution in [0, 0.1) is 11.8 Å². The molecule has 0 spiro atoms. The lowest BCUT2D eigenvalue weighted by molar-refractivity contribution is -0.135. The molecule has 3 amide bonds. The fraction of sp³-hybridized carbons (Fsp3) is 0.679. The summed E-state index contributed by atoms with van der Waals surface area (Å²) in [6.07, 6.45) is 9.37. The topological polar surface area (TPSA) is 73.0 Å². The first-order valence-corrected chi connectivity index (χ1v) is 13.8. The van der Waals surface area contributed by atoms with Crippen molar-refractivity contribution in [2.24, 2.45) is 11.8 Å². The van der Waals surface area contributed by atoms with E-state index in [4.69, 9.17) is 0 Å². The Labute approximate surface area is 210 Å². The quantitative estimate of drug-likeness (QED) is 0.620. The van der Waals surface area contributed by atoms with Crippen molar-refractivity contribution in [2.45, 2.75) is 71.6 Å². The van der Waals surface area contributed by atoms with Crippen LogP contribution in [0.1, 0.15) is 82.0 Å². The molecule has 1 saturated heterocycles.